The lowest BCUT2D eigenvalue weighted by molar-refractivity contribution is 0.478. The summed E-state index contributed by atoms with van der Waals surface area (Å²) in [5.41, 5.74) is 9.40. The van der Waals surface area contributed by atoms with Gasteiger partial charge in [0, 0.05) is 0 Å². The van der Waals surface area contributed by atoms with E-state index in [0.29, 0.717) is 5.69 Å². The van der Waals surface area contributed by atoms with E-state index in [2.05, 4.69) is 19.1 Å². The number of aryl methyl sites for hydroxylation is 1. The molecule has 0 atom stereocenters. The second kappa shape index (κ2) is 3.65. The third kappa shape index (κ3) is 1.94. The summed E-state index contributed by atoms with van der Waals surface area (Å²) in [6, 6.07) is 13.4. The van der Waals surface area contributed by atoms with Gasteiger partial charge in [0.2, 0.25) is 0 Å². The number of hydrogen-bond acceptors (Lipinski definition) is 2. The minimum Gasteiger partial charge on any atom is -0.506 e. The van der Waals surface area contributed by atoms with Gasteiger partial charge in [0.25, 0.3) is 0 Å². The van der Waals surface area contributed by atoms with E-state index in [1.54, 1.807) is 12.1 Å². The van der Waals surface area contributed by atoms with Crippen molar-refractivity contribution in [3.8, 4) is 16.9 Å². The zero-order valence-corrected chi connectivity index (χ0v) is 8.57. The Hall–Kier alpha value is -1.96. The van der Waals surface area contributed by atoms with Crippen molar-refractivity contribution in [2.24, 2.45) is 0 Å². The van der Waals surface area contributed by atoms with Gasteiger partial charge >= 0.3 is 0 Å². The summed E-state index contributed by atoms with van der Waals surface area (Å²) in [6.45, 7) is 2.05. The molecule has 2 aromatic rings. The van der Waals surface area contributed by atoms with E-state index in [-0.39, 0.29) is 5.75 Å². The van der Waals surface area contributed by atoms with Crippen LogP contribution in [0.25, 0.3) is 11.1 Å². The molecule has 0 aliphatic rings. The first-order valence-electron chi connectivity index (χ1n) is 4.82. The maximum atomic E-state index is 9.31. The van der Waals surface area contributed by atoms with Crippen LogP contribution in [-0.2, 0) is 0 Å². The fourth-order valence-corrected chi connectivity index (χ4v) is 1.48. The largest absolute Gasteiger partial charge is 0.506 e. The highest BCUT2D eigenvalue weighted by molar-refractivity contribution is 5.70. The second-order valence-corrected chi connectivity index (χ2v) is 3.64. The molecule has 0 unspecified atom stereocenters. The van der Waals surface area contributed by atoms with E-state index in [4.69, 9.17) is 5.73 Å². The standard InChI is InChI=1S/C13H13NO/c1-9-2-4-10(5-3-9)11-6-7-13(15)12(14)8-11/h2-8,15H,14H2,1H3. The zero-order valence-electron chi connectivity index (χ0n) is 8.57. The summed E-state index contributed by atoms with van der Waals surface area (Å²) >= 11 is 0. The fourth-order valence-electron chi connectivity index (χ4n) is 1.48. The van der Waals surface area contributed by atoms with Gasteiger partial charge in [0.15, 0.2) is 0 Å². The highest BCUT2D eigenvalue weighted by atomic mass is 16.3. The molecule has 15 heavy (non-hydrogen) atoms. The minimum absolute atomic E-state index is 0.130. The van der Waals surface area contributed by atoms with Crippen LogP contribution in [0.4, 0.5) is 5.69 Å². The van der Waals surface area contributed by atoms with Crippen LogP contribution >= 0.6 is 0 Å². The SMILES string of the molecule is Cc1ccc(-c2ccc(O)c(N)c2)cc1. The van der Waals surface area contributed by atoms with E-state index in [1.165, 1.54) is 5.56 Å². The Labute approximate surface area is 89.0 Å². The molecule has 2 heteroatoms. The van der Waals surface area contributed by atoms with Gasteiger partial charge in [-0.2, -0.15) is 0 Å². The molecule has 0 saturated heterocycles. The Bertz CT molecular complexity index is 474. The molecule has 0 heterocycles. The predicted molar refractivity (Wildman–Crippen MR) is 62.7 cm³/mol. The Morgan fingerprint density at radius 1 is 0.933 bits per heavy atom. The van der Waals surface area contributed by atoms with Crippen molar-refractivity contribution >= 4 is 5.69 Å². The van der Waals surface area contributed by atoms with E-state index < -0.39 is 0 Å². The van der Waals surface area contributed by atoms with Gasteiger partial charge in [0.1, 0.15) is 5.75 Å². The molecule has 0 aliphatic carbocycles. The van der Waals surface area contributed by atoms with Crippen LogP contribution in [0.2, 0.25) is 0 Å². The highest BCUT2D eigenvalue weighted by Gasteiger charge is 2.00. The normalized spacial score (nSPS) is 10.2. The van der Waals surface area contributed by atoms with Crippen molar-refractivity contribution in [2.45, 2.75) is 6.92 Å². The Morgan fingerprint density at radius 3 is 2.13 bits per heavy atom. The third-order valence-corrected chi connectivity index (χ3v) is 2.41. The van der Waals surface area contributed by atoms with Gasteiger partial charge in [-0.15, -0.1) is 0 Å². The van der Waals surface area contributed by atoms with Gasteiger partial charge in [-0.25, -0.2) is 0 Å². The molecule has 0 aromatic heterocycles. The van der Waals surface area contributed by atoms with Crippen molar-refractivity contribution in [2.75, 3.05) is 5.73 Å². The van der Waals surface area contributed by atoms with Crippen molar-refractivity contribution in [3.63, 3.8) is 0 Å². The van der Waals surface area contributed by atoms with Gasteiger partial charge in [-0.05, 0) is 30.2 Å². The topological polar surface area (TPSA) is 46.2 Å². The van der Waals surface area contributed by atoms with Gasteiger partial charge in [-0.3, -0.25) is 0 Å². The summed E-state index contributed by atoms with van der Waals surface area (Å²) < 4.78 is 0. The molecule has 0 aliphatic heterocycles. The fraction of sp³-hybridized carbons (Fsp3) is 0.0769. The van der Waals surface area contributed by atoms with E-state index in [0.717, 1.165) is 11.1 Å². The molecule has 0 bridgehead atoms. The Morgan fingerprint density at radius 2 is 1.53 bits per heavy atom. The number of anilines is 1. The maximum Gasteiger partial charge on any atom is 0.138 e. The van der Waals surface area contributed by atoms with Gasteiger partial charge < -0.3 is 10.8 Å². The predicted octanol–water partition coefficient (Wildman–Crippen LogP) is 2.95. The van der Waals surface area contributed by atoms with Crippen LogP contribution in [0.1, 0.15) is 5.56 Å². The van der Waals surface area contributed by atoms with Crippen LogP contribution in [-0.4, -0.2) is 5.11 Å². The molecule has 0 saturated carbocycles. The maximum absolute atomic E-state index is 9.31. The molecule has 2 nitrogen and oxygen atoms in total. The number of benzene rings is 2. The van der Waals surface area contributed by atoms with Crippen LogP contribution < -0.4 is 5.73 Å². The van der Waals surface area contributed by atoms with Crippen molar-refractivity contribution < 1.29 is 5.11 Å². The average Bonchev–Trinajstić information content (AvgIpc) is 2.23. The van der Waals surface area contributed by atoms with E-state index in [1.807, 2.05) is 18.2 Å². The van der Waals surface area contributed by atoms with Gasteiger partial charge in [-0.1, -0.05) is 35.9 Å². The first kappa shape index (κ1) is 9.59. The summed E-state index contributed by atoms with van der Waals surface area (Å²) in [6.07, 6.45) is 0. The Kier molecular flexibility index (Phi) is 2.34. The lowest BCUT2D eigenvalue weighted by Crippen LogP contribution is -1.86. The van der Waals surface area contributed by atoms with Crippen LogP contribution in [0.15, 0.2) is 42.5 Å². The minimum atomic E-state index is 0.130. The van der Waals surface area contributed by atoms with E-state index in [9.17, 15) is 5.11 Å². The molecular weight excluding hydrogens is 186 g/mol. The van der Waals surface area contributed by atoms with Crippen LogP contribution in [0, 0.1) is 6.92 Å². The smallest absolute Gasteiger partial charge is 0.138 e. The van der Waals surface area contributed by atoms with Crippen LogP contribution in [0.3, 0.4) is 0 Å². The second-order valence-electron chi connectivity index (χ2n) is 3.64. The molecular formula is C13H13NO. The molecule has 2 aromatic carbocycles. The summed E-state index contributed by atoms with van der Waals surface area (Å²) in [5.74, 6) is 0.130. The monoisotopic (exact) mass is 199 g/mol. The number of nitrogens with two attached hydrogens (primary N) is 1. The molecule has 0 radical (unpaired) electrons. The molecule has 2 rings (SSSR count). The first-order chi connectivity index (χ1) is 7.16. The number of phenols is 1. The average molecular weight is 199 g/mol. The van der Waals surface area contributed by atoms with Crippen molar-refractivity contribution in [1.82, 2.24) is 0 Å². The number of hydrogen-bond donors (Lipinski definition) is 2. The van der Waals surface area contributed by atoms with Crippen molar-refractivity contribution in [1.29, 1.82) is 0 Å². The molecule has 0 amide bonds. The number of rotatable bonds is 1. The highest BCUT2D eigenvalue weighted by Crippen LogP contribution is 2.27. The molecule has 3 N–H and O–H groups in total. The van der Waals surface area contributed by atoms with Gasteiger partial charge in [0.05, 0.1) is 5.69 Å². The molecule has 0 fully saturated rings. The lowest BCUT2D eigenvalue weighted by atomic mass is 10.0. The van der Waals surface area contributed by atoms with E-state index >= 15 is 0 Å². The zero-order chi connectivity index (χ0) is 10.8. The third-order valence-electron chi connectivity index (χ3n) is 2.41. The molecule has 0 spiro atoms. The number of nitrogen functional groups attached to an aromatic ring is 1. The summed E-state index contributed by atoms with van der Waals surface area (Å²) in [5, 5.41) is 9.31. The lowest BCUT2D eigenvalue weighted by Gasteiger charge is -2.04. The van der Waals surface area contributed by atoms with Crippen molar-refractivity contribution in [3.05, 3.63) is 48.0 Å². The number of phenolic OH excluding ortho intramolecular Hbond substituents is 1. The number of aromatic hydroxyl groups is 1. The Balaban J connectivity index is 2.45. The molecule has 76 valence electrons. The summed E-state index contributed by atoms with van der Waals surface area (Å²) in [4.78, 5) is 0. The van der Waals surface area contributed by atoms with Crippen LogP contribution in [0.5, 0.6) is 5.75 Å². The first-order valence-corrected chi connectivity index (χ1v) is 4.82. The quantitative estimate of drug-likeness (QED) is 0.548. The summed E-state index contributed by atoms with van der Waals surface area (Å²) in [7, 11) is 0.